The van der Waals surface area contributed by atoms with E-state index >= 15 is 0 Å². The van der Waals surface area contributed by atoms with Crippen LogP contribution in [0.1, 0.15) is 27.7 Å². The second kappa shape index (κ2) is 3.49. The highest BCUT2D eigenvalue weighted by Crippen LogP contribution is 2.36. The third kappa shape index (κ3) is 1.77. The summed E-state index contributed by atoms with van der Waals surface area (Å²) >= 11 is 5.94. The summed E-state index contributed by atoms with van der Waals surface area (Å²) in [6.07, 6.45) is 0. The van der Waals surface area contributed by atoms with E-state index in [4.69, 9.17) is 20.9 Å². The molecule has 1 aromatic heterocycles. The number of aromatic nitrogens is 2. The minimum atomic E-state index is -0.441. The molecule has 0 aliphatic carbocycles. The summed E-state index contributed by atoms with van der Waals surface area (Å²) in [6, 6.07) is 1.77. The Bertz CT molecular complexity index is 381. The molecule has 0 atom stereocenters. The van der Waals surface area contributed by atoms with E-state index in [0.717, 1.165) is 0 Å². The molecule has 4 nitrogen and oxygen atoms in total. The van der Waals surface area contributed by atoms with Gasteiger partial charge in [-0.2, -0.15) is 5.10 Å². The Labute approximate surface area is 101 Å². The van der Waals surface area contributed by atoms with Crippen molar-refractivity contribution in [2.75, 3.05) is 0 Å². The van der Waals surface area contributed by atoms with E-state index in [0.29, 0.717) is 10.7 Å². The lowest BCUT2D eigenvalue weighted by Gasteiger charge is -2.32. The van der Waals surface area contributed by atoms with Crippen molar-refractivity contribution in [2.45, 2.75) is 38.9 Å². The summed E-state index contributed by atoms with van der Waals surface area (Å²) < 4.78 is 13.3. The maximum Gasteiger partial charge on any atom is 0.516 e. The third-order valence-corrected chi connectivity index (χ3v) is 3.69. The summed E-state index contributed by atoms with van der Waals surface area (Å²) in [5, 5.41) is 4.83. The number of rotatable bonds is 1. The highest BCUT2D eigenvalue weighted by atomic mass is 35.5. The Kier molecular flexibility index (Phi) is 2.61. The Balaban J connectivity index is 2.27. The maximum absolute atomic E-state index is 5.94. The minimum Gasteiger partial charge on any atom is -0.398 e. The first kappa shape index (κ1) is 12.0. The Morgan fingerprint density at radius 2 is 1.75 bits per heavy atom. The van der Waals surface area contributed by atoms with Gasteiger partial charge in [0.2, 0.25) is 0 Å². The topological polar surface area (TPSA) is 36.3 Å². The summed E-state index contributed by atoms with van der Waals surface area (Å²) in [6.45, 7) is 8.05. The van der Waals surface area contributed by atoms with Gasteiger partial charge < -0.3 is 9.31 Å². The largest absolute Gasteiger partial charge is 0.516 e. The van der Waals surface area contributed by atoms with Crippen LogP contribution in [-0.4, -0.2) is 28.1 Å². The van der Waals surface area contributed by atoms with Gasteiger partial charge in [0.1, 0.15) is 5.15 Å². The summed E-state index contributed by atoms with van der Waals surface area (Å²) in [7, 11) is 1.35. The molecule has 16 heavy (non-hydrogen) atoms. The van der Waals surface area contributed by atoms with Crippen LogP contribution < -0.4 is 5.59 Å². The molecule has 1 fully saturated rings. The molecular weight excluding hydrogens is 226 g/mol. The summed E-state index contributed by atoms with van der Waals surface area (Å²) in [4.78, 5) is 0. The molecular formula is C10H16BClN2O2. The van der Waals surface area contributed by atoms with Gasteiger partial charge in [-0.05, 0) is 33.8 Å². The van der Waals surface area contributed by atoms with Gasteiger partial charge in [-0.3, -0.25) is 4.68 Å². The molecule has 0 aromatic carbocycles. The van der Waals surface area contributed by atoms with Gasteiger partial charge in [0.15, 0.2) is 0 Å². The van der Waals surface area contributed by atoms with Gasteiger partial charge in [-0.1, -0.05) is 11.6 Å². The maximum atomic E-state index is 5.94. The van der Waals surface area contributed by atoms with Gasteiger partial charge in [0.25, 0.3) is 0 Å². The molecule has 0 amide bonds. The minimum absolute atomic E-state index is 0.346. The molecule has 0 N–H and O–H groups in total. The molecule has 0 saturated carbocycles. The van der Waals surface area contributed by atoms with Crippen LogP contribution in [0.15, 0.2) is 6.07 Å². The van der Waals surface area contributed by atoms with Gasteiger partial charge >= 0.3 is 7.12 Å². The van der Waals surface area contributed by atoms with Gasteiger partial charge in [0, 0.05) is 7.05 Å². The fraction of sp³-hybridized carbons (Fsp3) is 0.700. The monoisotopic (exact) mass is 242 g/mol. The highest BCUT2D eigenvalue weighted by Gasteiger charge is 2.52. The summed E-state index contributed by atoms with van der Waals surface area (Å²) in [5.41, 5.74) is 0.0229. The first-order valence-electron chi connectivity index (χ1n) is 5.28. The molecule has 0 radical (unpaired) electrons. The van der Waals surface area contributed by atoms with E-state index in [2.05, 4.69) is 5.10 Å². The van der Waals surface area contributed by atoms with E-state index in [1.807, 2.05) is 27.7 Å². The van der Waals surface area contributed by atoms with E-state index in [1.54, 1.807) is 17.8 Å². The van der Waals surface area contributed by atoms with Crippen LogP contribution in [0.4, 0.5) is 0 Å². The number of halogens is 1. The molecule has 6 heteroatoms. The van der Waals surface area contributed by atoms with E-state index in [1.165, 1.54) is 0 Å². The number of hydrogen-bond donors (Lipinski definition) is 0. The van der Waals surface area contributed by atoms with Gasteiger partial charge in [-0.15, -0.1) is 0 Å². The average molecular weight is 243 g/mol. The lowest BCUT2D eigenvalue weighted by molar-refractivity contribution is 0.00578. The number of aryl methyl sites for hydroxylation is 1. The second-order valence-corrected chi connectivity index (χ2v) is 5.49. The Hall–Kier alpha value is -0.515. The lowest BCUT2D eigenvalue weighted by Crippen LogP contribution is -2.41. The van der Waals surface area contributed by atoms with Crippen molar-refractivity contribution in [2.24, 2.45) is 7.05 Å². The van der Waals surface area contributed by atoms with Crippen LogP contribution >= 0.6 is 11.6 Å². The normalized spacial score (nSPS) is 22.8. The lowest BCUT2D eigenvalue weighted by atomic mass is 9.85. The molecule has 1 aromatic rings. The van der Waals surface area contributed by atoms with E-state index < -0.39 is 7.12 Å². The van der Waals surface area contributed by atoms with Crippen LogP contribution in [-0.2, 0) is 16.4 Å². The van der Waals surface area contributed by atoms with Crippen molar-refractivity contribution in [1.82, 2.24) is 9.78 Å². The average Bonchev–Trinajstić information content (AvgIpc) is 2.54. The van der Waals surface area contributed by atoms with Gasteiger partial charge in [0.05, 0.1) is 16.8 Å². The van der Waals surface area contributed by atoms with Crippen LogP contribution in [0, 0.1) is 0 Å². The predicted molar refractivity (Wildman–Crippen MR) is 63.9 cm³/mol. The molecule has 1 saturated heterocycles. The van der Waals surface area contributed by atoms with E-state index in [9.17, 15) is 0 Å². The van der Waals surface area contributed by atoms with Crippen LogP contribution in [0.3, 0.4) is 0 Å². The van der Waals surface area contributed by atoms with Crippen molar-refractivity contribution in [3.63, 3.8) is 0 Å². The van der Waals surface area contributed by atoms with E-state index in [-0.39, 0.29) is 11.2 Å². The fourth-order valence-corrected chi connectivity index (χ4v) is 1.69. The van der Waals surface area contributed by atoms with Crippen LogP contribution in [0.25, 0.3) is 0 Å². The molecule has 0 unspecified atom stereocenters. The number of nitrogens with zero attached hydrogens (tertiary/aromatic N) is 2. The van der Waals surface area contributed by atoms with Crippen molar-refractivity contribution in [3.05, 3.63) is 11.2 Å². The Morgan fingerprint density at radius 1 is 1.25 bits per heavy atom. The van der Waals surface area contributed by atoms with Crippen LogP contribution in [0.2, 0.25) is 5.15 Å². The molecule has 1 aliphatic rings. The zero-order chi connectivity index (χ0) is 12.1. The van der Waals surface area contributed by atoms with Crippen LogP contribution in [0.5, 0.6) is 0 Å². The first-order chi connectivity index (χ1) is 7.23. The van der Waals surface area contributed by atoms with Gasteiger partial charge in [-0.25, -0.2) is 0 Å². The molecule has 1 aliphatic heterocycles. The molecule has 2 rings (SSSR count). The smallest absolute Gasteiger partial charge is 0.398 e. The molecule has 0 bridgehead atoms. The van der Waals surface area contributed by atoms with Crippen molar-refractivity contribution in [3.8, 4) is 0 Å². The molecule has 0 spiro atoms. The predicted octanol–water partition coefficient (Wildman–Crippen LogP) is 1.37. The highest BCUT2D eigenvalue weighted by molar-refractivity contribution is 6.61. The first-order valence-corrected chi connectivity index (χ1v) is 5.66. The van der Waals surface area contributed by atoms with Crippen molar-refractivity contribution >= 4 is 24.3 Å². The fourth-order valence-electron chi connectivity index (χ4n) is 1.54. The molecule has 2 heterocycles. The molecule has 88 valence electrons. The SMILES string of the molecule is Cn1nc(B2OC(C)(C)C(C)(C)O2)cc1Cl. The third-order valence-electron chi connectivity index (χ3n) is 3.34. The Morgan fingerprint density at radius 3 is 2.12 bits per heavy atom. The quantitative estimate of drug-likeness (QED) is 0.698. The zero-order valence-electron chi connectivity index (χ0n) is 10.2. The zero-order valence-corrected chi connectivity index (χ0v) is 11.0. The standard InChI is InChI=1S/C10H16BClN2O2/c1-9(2)10(3,4)16-11(15-9)7-6-8(12)14(5)13-7/h6H,1-5H3. The second-order valence-electron chi connectivity index (χ2n) is 5.10. The number of hydrogen-bond acceptors (Lipinski definition) is 3. The van der Waals surface area contributed by atoms with Crippen molar-refractivity contribution in [1.29, 1.82) is 0 Å². The van der Waals surface area contributed by atoms with Crippen molar-refractivity contribution < 1.29 is 9.31 Å². The summed E-state index contributed by atoms with van der Waals surface area (Å²) in [5.74, 6) is 0.